The van der Waals surface area contributed by atoms with Gasteiger partial charge >= 0.3 is 0 Å². The molecule has 1 fully saturated rings. The zero-order chi connectivity index (χ0) is 27.8. The monoisotopic (exact) mass is 526 g/mol. The number of fused-ring (bicyclic) bond motifs is 4. The predicted octanol–water partition coefficient (Wildman–Crippen LogP) is 3.54. The van der Waals surface area contributed by atoms with Crippen LogP contribution in [-0.2, 0) is 25.5 Å². The first-order chi connectivity index (χ1) is 18.6. The van der Waals surface area contributed by atoms with E-state index in [9.17, 15) is 29.7 Å². The van der Waals surface area contributed by atoms with Crippen LogP contribution in [0.3, 0.4) is 0 Å². The van der Waals surface area contributed by atoms with Crippen LogP contribution in [0.4, 0.5) is 0 Å². The lowest BCUT2D eigenvalue weighted by molar-refractivity contribution is -0.157. The Labute approximate surface area is 223 Å². The SMILES string of the molecule is CO[C@]12C(=O)C3=C(O)c4c(O)ccc(-c5cnc6ccccc6c5)c4C[C@H]3C[C@H]1[C@@H](C)C(=O)C(C(N)=O)=C2O. The third-order valence-corrected chi connectivity index (χ3v) is 8.61. The van der Waals surface area contributed by atoms with Crippen LogP contribution in [0.15, 0.2) is 65.6 Å². The normalized spacial score (nSPS) is 26.4. The molecular weight excluding hydrogens is 500 g/mol. The number of aromatic hydroxyl groups is 1. The number of phenolic OH excluding ortho intramolecular Hbond substituents is 1. The summed E-state index contributed by atoms with van der Waals surface area (Å²) in [5.41, 5.74) is 5.74. The number of aliphatic hydroxyl groups excluding tert-OH is 2. The van der Waals surface area contributed by atoms with Gasteiger partial charge in [-0.3, -0.25) is 19.4 Å². The van der Waals surface area contributed by atoms with Crippen molar-refractivity contribution in [3.8, 4) is 16.9 Å². The number of carbonyl (C=O) groups is 3. The Kier molecular flexibility index (Phi) is 5.41. The molecule has 0 aliphatic heterocycles. The summed E-state index contributed by atoms with van der Waals surface area (Å²) < 4.78 is 5.62. The molecule has 3 aliphatic rings. The molecule has 2 aromatic carbocycles. The molecule has 0 spiro atoms. The Balaban J connectivity index is 1.56. The van der Waals surface area contributed by atoms with E-state index in [0.29, 0.717) is 5.56 Å². The zero-order valence-electron chi connectivity index (χ0n) is 21.3. The van der Waals surface area contributed by atoms with Crippen molar-refractivity contribution in [2.45, 2.75) is 25.4 Å². The third-order valence-electron chi connectivity index (χ3n) is 8.61. The number of nitrogens with zero attached hydrogens (tertiary/aromatic N) is 1. The van der Waals surface area contributed by atoms with Gasteiger partial charge in [0.15, 0.2) is 11.4 Å². The molecule has 0 saturated heterocycles. The maximum atomic E-state index is 14.1. The van der Waals surface area contributed by atoms with E-state index in [4.69, 9.17) is 10.5 Å². The lowest BCUT2D eigenvalue weighted by Crippen LogP contribution is -2.61. The number of pyridine rings is 1. The number of Topliss-reactive ketones (excluding diaryl/α,β-unsaturated/α-hetero) is 2. The van der Waals surface area contributed by atoms with Gasteiger partial charge < -0.3 is 25.8 Å². The molecule has 1 heterocycles. The molecule has 39 heavy (non-hydrogen) atoms. The fraction of sp³-hybridized carbons (Fsp3) is 0.267. The summed E-state index contributed by atoms with van der Waals surface area (Å²) in [6, 6.07) is 12.8. The number of carbonyl (C=O) groups excluding carboxylic acids is 3. The summed E-state index contributed by atoms with van der Waals surface area (Å²) in [6.45, 7) is 1.58. The first-order valence-corrected chi connectivity index (χ1v) is 12.6. The number of ether oxygens (including phenoxy) is 1. The number of hydrogen-bond acceptors (Lipinski definition) is 8. The number of aromatic nitrogens is 1. The summed E-state index contributed by atoms with van der Waals surface area (Å²) in [7, 11) is 1.21. The fourth-order valence-electron chi connectivity index (χ4n) is 6.74. The molecular formula is C30H26N2O7. The maximum Gasteiger partial charge on any atom is 0.255 e. The van der Waals surface area contributed by atoms with Gasteiger partial charge in [-0.2, -0.15) is 0 Å². The largest absolute Gasteiger partial charge is 0.508 e. The van der Waals surface area contributed by atoms with Crippen LogP contribution in [0.25, 0.3) is 27.8 Å². The molecule has 1 saturated carbocycles. The highest BCUT2D eigenvalue weighted by molar-refractivity contribution is 6.23. The lowest BCUT2D eigenvalue weighted by atomic mass is 9.56. The highest BCUT2D eigenvalue weighted by Crippen LogP contribution is 2.55. The van der Waals surface area contributed by atoms with E-state index >= 15 is 0 Å². The summed E-state index contributed by atoms with van der Waals surface area (Å²) >= 11 is 0. The summed E-state index contributed by atoms with van der Waals surface area (Å²) in [5, 5.41) is 34.4. The number of aliphatic hydroxyl groups is 2. The molecule has 198 valence electrons. The number of benzene rings is 2. The van der Waals surface area contributed by atoms with Crippen LogP contribution in [0.2, 0.25) is 0 Å². The van der Waals surface area contributed by atoms with Crippen LogP contribution in [0.1, 0.15) is 24.5 Å². The van der Waals surface area contributed by atoms with Gasteiger partial charge in [0, 0.05) is 41.7 Å². The second-order valence-corrected chi connectivity index (χ2v) is 10.4. The quantitative estimate of drug-likeness (QED) is 0.377. The Bertz CT molecular complexity index is 1690. The summed E-state index contributed by atoms with van der Waals surface area (Å²) in [4.78, 5) is 43.8. The first kappa shape index (κ1) is 24.8. The second-order valence-electron chi connectivity index (χ2n) is 10.4. The summed E-state index contributed by atoms with van der Waals surface area (Å²) in [5.74, 6) is -6.24. The van der Waals surface area contributed by atoms with Crippen molar-refractivity contribution < 1.29 is 34.4 Å². The average Bonchev–Trinajstić information content (AvgIpc) is 2.91. The molecule has 1 amide bonds. The molecule has 5 N–H and O–H groups in total. The Hall–Kier alpha value is -4.50. The van der Waals surface area contributed by atoms with Gasteiger partial charge in [0.2, 0.25) is 5.78 Å². The van der Waals surface area contributed by atoms with Crippen LogP contribution in [0.5, 0.6) is 5.75 Å². The van der Waals surface area contributed by atoms with Crippen LogP contribution in [-0.4, -0.2) is 50.5 Å². The standard InChI is InChI=1S/C30H26N2O7/c1-13-19-11-15-10-18-17(16-9-14-5-3-4-6-20(14)32-12-16)7-8-21(33)23(18)26(35)22(15)27(36)30(19,39-2)28(37)24(25(13)34)29(31)38/h3-9,12-13,15,19,33,35,37H,10-11H2,1-2H3,(H2,31,38)/t13-,15+,19+,30+/m1/s1. The minimum atomic E-state index is -2.06. The van der Waals surface area contributed by atoms with E-state index in [0.717, 1.165) is 22.0 Å². The molecule has 0 radical (unpaired) electrons. The van der Waals surface area contributed by atoms with Gasteiger partial charge in [-0.05, 0) is 48.1 Å². The van der Waals surface area contributed by atoms with Gasteiger partial charge in [-0.25, -0.2) is 0 Å². The number of nitrogens with two attached hydrogens (primary N) is 1. The van der Waals surface area contributed by atoms with Gasteiger partial charge in [0.05, 0.1) is 11.1 Å². The third kappa shape index (κ3) is 3.23. The summed E-state index contributed by atoms with van der Waals surface area (Å²) in [6.07, 6.45) is 2.21. The molecule has 4 atom stereocenters. The molecule has 3 aromatic rings. The minimum Gasteiger partial charge on any atom is -0.508 e. The van der Waals surface area contributed by atoms with E-state index in [1.807, 2.05) is 30.3 Å². The molecule has 6 rings (SSSR count). The lowest BCUT2D eigenvalue weighted by Gasteiger charge is -2.50. The number of ketones is 2. The predicted molar refractivity (Wildman–Crippen MR) is 141 cm³/mol. The number of amides is 1. The van der Waals surface area contributed by atoms with E-state index in [1.165, 1.54) is 13.2 Å². The van der Waals surface area contributed by atoms with E-state index in [2.05, 4.69) is 4.98 Å². The number of rotatable bonds is 3. The average molecular weight is 527 g/mol. The molecule has 9 heteroatoms. The van der Waals surface area contributed by atoms with Gasteiger partial charge in [-0.15, -0.1) is 0 Å². The Morgan fingerprint density at radius 3 is 2.59 bits per heavy atom. The van der Waals surface area contributed by atoms with E-state index < -0.39 is 57.9 Å². The number of para-hydroxylation sites is 1. The van der Waals surface area contributed by atoms with Crippen LogP contribution >= 0.6 is 0 Å². The van der Waals surface area contributed by atoms with Crippen molar-refractivity contribution in [3.05, 3.63) is 76.7 Å². The number of methoxy groups -OCH3 is 1. The van der Waals surface area contributed by atoms with Crippen LogP contribution in [0, 0.1) is 17.8 Å². The highest BCUT2D eigenvalue weighted by Gasteiger charge is 2.64. The Morgan fingerprint density at radius 2 is 1.87 bits per heavy atom. The zero-order valence-corrected chi connectivity index (χ0v) is 21.3. The van der Waals surface area contributed by atoms with Crippen LogP contribution < -0.4 is 5.73 Å². The molecule has 9 nitrogen and oxygen atoms in total. The second kappa shape index (κ2) is 8.51. The maximum absolute atomic E-state index is 14.1. The number of primary amides is 1. The molecule has 0 unspecified atom stereocenters. The van der Waals surface area contributed by atoms with Crippen molar-refractivity contribution in [1.29, 1.82) is 0 Å². The first-order valence-electron chi connectivity index (χ1n) is 12.6. The number of hydrogen-bond donors (Lipinski definition) is 4. The molecule has 3 aliphatic carbocycles. The minimum absolute atomic E-state index is 0.0263. The van der Waals surface area contributed by atoms with Crippen molar-refractivity contribution in [1.82, 2.24) is 4.98 Å². The molecule has 1 aromatic heterocycles. The number of phenols is 1. The van der Waals surface area contributed by atoms with E-state index in [-0.39, 0.29) is 29.7 Å². The Morgan fingerprint density at radius 1 is 1.13 bits per heavy atom. The highest BCUT2D eigenvalue weighted by atomic mass is 16.5. The van der Waals surface area contributed by atoms with Gasteiger partial charge in [0.1, 0.15) is 22.8 Å². The topological polar surface area (TPSA) is 160 Å². The van der Waals surface area contributed by atoms with Crippen molar-refractivity contribution >= 4 is 34.1 Å². The molecule has 0 bridgehead atoms. The van der Waals surface area contributed by atoms with E-state index in [1.54, 1.807) is 19.2 Å². The smallest absolute Gasteiger partial charge is 0.255 e. The van der Waals surface area contributed by atoms with Gasteiger partial charge in [-0.1, -0.05) is 31.2 Å². The fourth-order valence-corrected chi connectivity index (χ4v) is 6.74. The van der Waals surface area contributed by atoms with Crippen molar-refractivity contribution in [3.63, 3.8) is 0 Å². The van der Waals surface area contributed by atoms with Gasteiger partial charge in [0.25, 0.3) is 5.91 Å². The van der Waals surface area contributed by atoms with Crippen molar-refractivity contribution in [2.75, 3.05) is 7.11 Å². The van der Waals surface area contributed by atoms with Crippen molar-refractivity contribution in [2.24, 2.45) is 23.5 Å².